The second kappa shape index (κ2) is 6.99. The molecule has 3 fully saturated rings. The average molecular weight is 448 g/mol. The van der Waals surface area contributed by atoms with Crippen molar-refractivity contribution in [2.45, 2.75) is 57.2 Å². The van der Waals surface area contributed by atoms with Crippen molar-refractivity contribution in [2.75, 3.05) is 18.0 Å². The number of hydrogen-bond donors (Lipinski definition) is 0. The molecule has 0 atom stereocenters. The Balaban J connectivity index is 1.16. The number of anilines is 1. The molecule has 1 aromatic carbocycles. The molecule has 7 rings (SSSR count). The lowest BCUT2D eigenvalue weighted by atomic mass is 9.57. The van der Waals surface area contributed by atoms with Gasteiger partial charge in [-0.25, -0.2) is 4.98 Å². The van der Waals surface area contributed by atoms with E-state index in [4.69, 9.17) is 21.8 Å². The SMILES string of the molecule is Clc1ccc2c(c1)CN(C1CCC1)Cc1nnc(C3CC4(C3)CN(c3cnccn3)C4)n1-2. The summed E-state index contributed by atoms with van der Waals surface area (Å²) in [5.41, 5.74) is 2.89. The van der Waals surface area contributed by atoms with Gasteiger partial charge in [0, 0.05) is 54.4 Å². The number of halogens is 1. The summed E-state index contributed by atoms with van der Waals surface area (Å²) in [5, 5.41) is 10.2. The van der Waals surface area contributed by atoms with Crippen LogP contribution in [0.25, 0.3) is 5.69 Å². The molecule has 2 aliphatic heterocycles. The van der Waals surface area contributed by atoms with Gasteiger partial charge in [-0.05, 0) is 49.4 Å². The first-order chi connectivity index (χ1) is 15.7. The highest BCUT2D eigenvalue weighted by molar-refractivity contribution is 6.30. The van der Waals surface area contributed by atoms with E-state index in [1.807, 2.05) is 12.3 Å². The molecule has 0 radical (unpaired) electrons. The highest BCUT2D eigenvalue weighted by Crippen LogP contribution is 2.56. The topological polar surface area (TPSA) is 63.0 Å². The smallest absolute Gasteiger partial charge is 0.151 e. The van der Waals surface area contributed by atoms with Gasteiger partial charge in [-0.15, -0.1) is 10.2 Å². The van der Waals surface area contributed by atoms with E-state index in [9.17, 15) is 0 Å². The Morgan fingerprint density at radius 2 is 1.91 bits per heavy atom. The Labute approximate surface area is 192 Å². The molecule has 0 N–H and O–H groups in total. The van der Waals surface area contributed by atoms with E-state index >= 15 is 0 Å². The number of nitrogens with zero attached hydrogens (tertiary/aromatic N) is 7. The van der Waals surface area contributed by atoms with Crippen LogP contribution in [0.4, 0.5) is 5.82 Å². The zero-order valence-electron chi connectivity index (χ0n) is 18.0. The molecule has 164 valence electrons. The summed E-state index contributed by atoms with van der Waals surface area (Å²) in [6, 6.07) is 6.95. The largest absolute Gasteiger partial charge is 0.354 e. The number of fused-ring (bicyclic) bond motifs is 3. The van der Waals surface area contributed by atoms with Gasteiger partial charge in [0.2, 0.25) is 0 Å². The Morgan fingerprint density at radius 3 is 2.66 bits per heavy atom. The molecule has 2 saturated carbocycles. The van der Waals surface area contributed by atoms with Crippen LogP contribution in [0.1, 0.15) is 55.2 Å². The lowest BCUT2D eigenvalue weighted by Crippen LogP contribution is -2.62. The minimum atomic E-state index is 0.389. The molecule has 3 aromatic rings. The highest BCUT2D eigenvalue weighted by atomic mass is 35.5. The Bertz CT molecular complexity index is 1160. The molecule has 2 aromatic heterocycles. The van der Waals surface area contributed by atoms with Gasteiger partial charge in [0.15, 0.2) is 5.82 Å². The molecule has 8 heteroatoms. The van der Waals surface area contributed by atoms with E-state index in [0.717, 1.165) is 61.5 Å². The van der Waals surface area contributed by atoms with E-state index in [-0.39, 0.29) is 0 Å². The van der Waals surface area contributed by atoms with Crippen molar-refractivity contribution in [1.82, 2.24) is 29.6 Å². The number of benzene rings is 1. The number of rotatable bonds is 3. The third-order valence-electron chi connectivity index (χ3n) is 8.00. The second-order valence-corrected chi connectivity index (χ2v) is 10.5. The van der Waals surface area contributed by atoms with Gasteiger partial charge in [-0.1, -0.05) is 18.0 Å². The fraction of sp³-hybridized carbons (Fsp3) is 0.500. The summed E-state index contributed by atoms with van der Waals surface area (Å²) in [5.74, 6) is 3.64. The van der Waals surface area contributed by atoms with Crippen LogP contribution in [0.3, 0.4) is 0 Å². The Morgan fingerprint density at radius 1 is 1.03 bits per heavy atom. The van der Waals surface area contributed by atoms with Crippen LogP contribution in [0.5, 0.6) is 0 Å². The lowest BCUT2D eigenvalue weighted by molar-refractivity contribution is 0.0580. The molecule has 32 heavy (non-hydrogen) atoms. The molecular formula is C24H26ClN7. The third kappa shape index (κ3) is 2.90. The summed E-state index contributed by atoms with van der Waals surface area (Å²) in [4.78, 5) is 13.6. The van der Waals surface area contributed by atoms with E-state index in [1.165, 1.54) is 30.5 Å². The predicted octanol–water partition coefficient (Wildman–Crippen LogP) is 3.96. The molecule has 4 heterocycles. The van der Waals surface area contributed by atoms with E-state index < -0.39 is 0 Å². The average Bonchev–Trinajstić information content (AvgIpc) is 3.01. The molecule has 1 saturated heterocycles. The minimum Gasteiger partial charge on any atom is -0.354 e. The van der Waals surface area contributed by atoms with Gasteiger partial charge in [0.05, 0.1) is 18.4 Å². The van der Waals surface area contributed by atoms with Crippen molar-refractivity contribution in [2.24, 2.45) is 5.41 Å². The van der Waals surface area contributed by atoms with Crippen LogP contribution in [0.15, 0.2) is 36.8 Å². The highest BCUT2D eigenvalue weighted by Gasteiger charge is 2.54. The summed E-state index contributed by atoms with van der Waals surface area (Å²) in [6.07, 6.45) is 11.6. The summed E-state index contributed by atoms with van der Waals surface area (Å²) >= 11 is 6.40. The molecular weight excluding hydrogens is 422 g/mol. The maximum absolute atomic E-state index is 6.40. The summed E-state index contributed by atoms with van der Waals surface area (Å²) < 4.78 is 2.35. The lowest BCUT2D eigenvalue weighted by Gasteiger charge is -2.59. The molecule has 4 aliphatic rings. The second-order valence-electron chi connectivity index (χ2n) is 10.1. The van der Waals surface area contributed by atoms with Crippen LogP contribution in [0, 0.1) is 5.41 Å². The van der Waals surface area contributed by atoms with Gasteiger partial charge in [-0.3, -0.25) is 14.5 Å². The minimum absolute atomic E-state index is 0.389. The van der Waals surface area contributed by atoms with Crippen molar-refractivity contribution in [1.29, 1.82) is 0 Å². The zero-order chi connectivity index (χ0) is 21.3. The monoisotopic (exact) mass is 447 g/mol. The summed E-state index contributed by atoms with van der Waals surface area (Å²) in [6.45, 7) is 3.92. The van der Waals surface area contributed by atoms with Crippen LogP contribution < -0.4 is 4.90 Å². The number of aromatic nitrogens is 5. The van der Waals surface area contributed by atoms with Crippen molar-refractivity contribution in [3.05, 3.63) is 59.0 Å². The fourth-order valence-corrected chi connectivity index (χ4v) is 6.33. The number of hydrogen-bond acceptors (Lipinski definition) is 6. The predicted molar refractivity (Wildman–Crippen MR) is 122 cm³/mol. The zero-order valence-corrected chi connectivity index (χ0v) is 18.7. The molecule has 7 nitrogen and oxygen atoms in total. The van der Waals surface area contributed by atoms with Crippen LogP contribution in [0.2, 0.25) is 5.02 Å². The fourth-order valence-electron chi connectivity index (χ4n) is 6.13. The first kappa shape index (κ1) is 19.0. The molecule has 1 spiro atoms. The molecule has 0 bridgehead atoms. The molecule has 2 aliphatic carbocycles. The van der Waals surface area contributed by atoms with E-state index in [0.29, 0.717) is 17.4 Å². The van der Waals surface area contributed by atoms with Crippen molar-refractivity contribution >= 4 is 17.4 Å². The van der Waals surface area contributed by atoms with Crippen LogP contribution in [-0.2, 0) is 13.1 Å². The Hall–Kier alpha value is -2.51. The van der Waals surface area contributed by atoms with Gasteiger partial charge < -0.3 is 4.90 Å². The van der Waals surface area contributed by atoms with Crippen molar-refractivity contribution < 1.29 is 0 Å². The standard InChI is InChI=1S/C24H26ClN7/c25-18-4-5-20-16(8-18)12-30(19-2-1-3-19)13-22-28-29-23(32(20)22)17-9-24(10-17)14-31(15-24)21-11-26-6-7-27-21/h4-8,11,17,19H,1-3,9-10,12-15H2. The van der Waals surface area contributed by atoms with Gasteiger partial charge in [0.25, 0.3) is 0 Å². The van der Waals surface area contributed by atoms with Gasteiger partial charge >= 0.3 is 0 Å². The quantitative estimate of drug-likeness (QED) is 0.605. The van der Waals surface area contributed by atoms with Crippen LogP contribution >= 0.6 is 11.6 Å². The first-order valence-corrected chi connectivity index (χ1v) is 12.0. The normalized spacial score (nSPS) is 22.5. The Kier molecular flexibility index (Phi) is 4.15. The molecule has 0 unspecified atom stereocenters. The maximum atomic E-state index is 6.40. The van der Waals surface area contributed by atoms with E-state index in [1.54, 1.807) is 12.4 Å². The molecule has 0 amide bonds. The van der Waals surface area contributed by atoms with Crippen LogP contribution in [-0.4, -0.2) is 48.8 Å². The summed E-state index contributed by atoms with van der Waals surface area (Å²) in [7, 11) is 0. The van der Waals surface area contributed by atoms with E-state index in [2.05, 4.69) is 36.5 Å². The van der Waals surface area contributed by atoms with Crippen molar-refractivity contribution in [3.63, 3.8) is 0 Å². The van der Waals surface area contributed by atoms with Crippen molar-refractivity contribution in [3.8, 4) is 5.69 Å². The van der Waals surface area contributed by atoms with Gasteiger partial charge in [-0.2, -0.15) is 0 Å². The first-order valence-electron chi connectivity index (χ1n) is 11.7. The maximum Gasteiger partial charge on any atom is 0.151 e. The third-order valence-corrected chi connectivity index (χ3v) is 8.23. The van der Waals surface area contributed by atoms with Gasteiger partial charge in [0.1, 0.15) is 11.6 Å².